The Bertz CT molecular complexity index is 582. The standard InChI is InChI=1S/C18H21N3/c1-5-13-7-3-11-19-17(13)15(9-1)21-16-10-2-6-14-8-4-12-20-18(14)16/h3-4,7-8,11-12,15-16,21H,1-2,5-6,9-10H2. The molecule has 0 aromatic carbocycles. The first-order valence-corrected chi connectivity index (χ1v) is 8.05. The molecule has 0 radical (unpaired) electrons. The van der Waals surface area contributed by atoms with Gasteiger partial charge >= 0.3 is 0 Å². The van der Waals surface area contributed by atoms with Gasteiger partial charge in [-0.05, 0) is 61.8 Å². The third-order valence-corrected chi connectivity index (χ3v) is 4.79. The molecule has 2 unspecified atom stereocenters. The van der Waals surface area contributed by atoms with Gasteiger partial charge < -0.3 is 5.32 Å². The topological polar surface area (TPSA) is 37.8 Å². The van der Waals surface area contributed by atoms with Crippen LogP contribution in [0.25, 0.3) is 0 Å². The third kappa shape index (κ3) is 2.46. The molecule has 0 aliphatic heterocycles. The summed E-state index contributed by atoms with van der Waals surface area (Å²) in [5.41, 5.74) is 5.34. The first-order chi connectivity index (χ1) is 10.4. The van der Waals surface area contributed by atoms with Crippen LogP contribution in [0.5, 0.6) is 0 Å². The summed E-state index contributed by atoms with van der Waals surface area (Å²) < 4.78 is 0. The van der Waals surface area contributed by atoms with Crippen LogP contribution in [0.3, 0.4) is 0 Å². The molecule has 21 heavy (non-hydrogen) atoms. The monoisotopic (exact) mass is 279 g/mol. The van der Waals surface area contributed by atoms with Crippen LogP contribution in [-0.4, -0.2) is 9.97 Å². The Morgan fingerprint density at radius 1 is 0.810 bits per heavy atom. The van der Waals surface area contributed by atoms with E-state index in [9.17, 15) is 0 Å². The summed E-state index contributed by atoms with van der Waals surface area (Å²) in [6.45, 7) is 0. The normalized spacial score (nSPS) is 24.2. The number of nitrogens with one attached hydrogen (secondary N) is 1. The Balaban J connectivity index is 1.61. The Morgan fingerprint density at radius 3 is 1.86 bits per heavy atom. The predicted octanol–water partition coefficient (Wildman–Crippen LogP) is 3.52. The van der Waals surface area contributed by atoms with Crippen molar-refractivity contribution in [3.05, 3.63) is 59.2 Å². The first kappa shape index (κ1) is 13.0. The van der Waals surface area contributed by atoms with Crippen LogP contribution in [0.1, 0.15) is 60.3 Å². The lowest BCUT2D eigenvalue weighted by Gasteiger charge is -2.32. The van der Waals surface area contributed by atoms with Gasteiger partial charge in [-0.2, -0.15) is 0 Å². The molecular formula is C18H21N3. The fourth-order valence-corrected chi connectivity index (χ4v) is 3.79. The van der Waals surface area contributed by atoms with Crippen molar-refractivity contribution < 1.29 is 0 Å². The summed E-state index contributed by atoms with van der Waals surface area (Å²) >= 11 is 0. The molecule has 2 aromatic rings. The molecule has 2 aliphatic carbocycles. The highest BCUT2D eigenvalue weighted by molar-refractivity contribution is 5.28. The number of nitrogens with zero attached hydrogens (tertiary/aromatic N) is 2. The van der Waals surface area contributed by atoms with E-state index < -0.39 is 0 Å². The van der Waals surface area contributed by atoms with Crippen LogP contribution in [-0.2, 0) is 12.8 Å². The molecule has 0 spiro atoms. The maximum Gasteiger partial charge on any atom is 0.0605 e. The van der Waals surface area contributed by atoms with Crippen LogP contribution < -0.4 is 5.32 Å². The van der Waals surface area contributed by atoms with E-state index in [0.717, 1.165) is 0 Å². The van der Waals surface area contributed by atoms with E-state index in [-0.39, 0.29) is 0 Å². The molecule has 108 valence electrons. The van der Waals surface area contributed by atoms with Crippen molar-refractivity contribution >= 4 is 0 Å². The summed E-state index contributed by atoms with van der Waals surface area (Å²) in [4.78, 5) is 9.28. The minimum atomic E-state index is 0.382. The zero-order valence-corrected chi connectivity index (χ0v) is 12.3. The summed E-state index contributed by atoms with van der Waals surface area (Å²) in [5.74, 6) is 0. The number of fused-ring (bicyclic) bond motifs is 2. The van der Waals surface area contributed by atoms with Gasteiger partial charge in [0.25, 0.3) is 0 Å². The van der Waals surface area contributed by atoms with Crippen LogP contribution in [0.15, 0.2) is 36.7 Å². The average molecular weight is 279 g/mol. The first-order valence-electron chi connectivity index (χ1n) is 8.05. The van der Waals surface area contributed by atoms with Gasteiger partial charge in [0.2, 0.25) is 0 Å². The summed E-state index contributed by atoms with van der Waals surface area (Å²) in [6, 6.07) is 9.32. The van der Waals surface area contributed by atoms with Crippen LogP contribution in [0, 0.1) is 0 Å². The number of rotatable bonds is 2. The van der Waals surface area contributed by atoms with E-state index in [1.807, 2.05) is 12.4 Å². The third-order valence-electron chi connectivity index (χ3n) is 4.79. The van der Waals surface area contributed by atoms with Gasteiger partial charge in [0, 0.05) is 12.4 Å². The minimum Gasteiger partial charge on any atom is -0.300 e. The molecule has 3 nitrogen and oxygen atoms in total. The maximum absolute atomic E-state index is 4.64. The highest BCUT2D eigenvalue weighted by Crippen LogP contribution is 2.34. The highest BCUT2D eigenvalue weighted by Gasteiger charge is 2.27. The molecule has 2 aromatic heterocycles. The predicted molar refractivity (Wildman–Crippen MR) is 83.0 cm³/mol. The van der Waals surface area contributed by atoms with Gasteiger partial charge in [0.1, 0.15) is 0 Å². The van der Waals surface area contributed by atoms with Gasteiger partial charge in [0.15, 0.2) is 0 Å². The average Bonchev–Trinajstić information content (AvgIpc) is 2.56. The molecular weight excluding hydrogens is 258 g/mol. The van der Waals surface area contributed by atoms with E-state index in [1.54, 1.807) is 0 Å². The van der Waals surface area contributed by atoms with Gasteiger partial charge in [-0.25, -0.2) is 0 Å². The van der Waals surface area contributed by atoms with Crippen LogP contribution in [0.4, 0.5) is 0 Å². The summed E-state index contributed by atoms with van der Waals surface area (Å²) in [6.07, 6.45) is 11.0. The molecule has 2 heterocycles. The van der Waals surface area contributed by atoms with Crippen molar-refractivity contribution in [2.24, 2.45) is 0 Å². The quantitative estimate of drug-likeness (QED) is 0.914. The lowest BCUT2D eigenvalue weighted by Crippen LogP contribution is -2.32. The second kappa shape index (κ2) is 5.57. The molecule has 0 amide bonds. The van der Waals surface area contributed by atoms with Crippen molar-refractivity contribution in [1.29, 1.82) is 0 Å². The highest BCUT2D eigenvalue weighted by atomic mass is 15.0. The van der Waals surface area contributed by atoms with E-state index in [2.05, 4.69) is 39.6 Å². The Hall–Kier alpha value is -1.74. The largest absolute Gasteiger partial charge is 0.300 e. The zero-order valence-electron chi connectivity index (χ0n) is 12.3. The van der Waals surface area contributed by atoms with Crippen LogP contribution >= 0.6 is 0 Å². The second-order valence-electron chi connectivity index (χ2n) is 6.15. The summed E-state index contributed by atoms with van der Waals surface area (Å²) in [5, 5.41) is 3.85. The van der Waals surface area contributed by atoms with Gasteiger partial charge in [0.05, 0.1) is 23.5 Å². The fourth-order valence-electron chi connectivity index (χ4n) is 3.79. The molecule has 0 fully saturated rings. The van der Waals surface area contributed by atoms with E-state index >= 15 is 0 Å². The number of pyridine rings is 2. The number of hydrogen-bond acceptors (Lipinski definition) is 3. The Kier molecular flexibility index (Phi) is 3.44. The number of aromatic nitrogens is 2. The van der Waals surface area contributed by atoms with Crippen molar-refractivity contribution in [1.82, 2.24) is 15.3 Å². The lowest BCUT2D eigenvalue weighted by atomic mass is 9.88. The molecule has 0 saturated heterocycles. The minimum absolute atomic E-state index is 0.382. The van der Waals surface area contributed by atoms with Crippen LogP contribution in [0.2, 0.25) is 0 Å². The van der Waals surface area contributed by atoms with Gasteiger partial charge in [-0.1, -0.05) is 12.1 Å². The van der Waals surface area contributed by atoms with Crippen molar-refractivity contribution in [3.8, 4) is 0 Å². The molecule has 4 rings (SSSR count). The second-order valence-corrected chi connectivity index (χ2v) is 6.15. The SMILES string of the molecule is c1cnc2c(c1)CCCC2NC1CCCc2cccnc21. The molecule has 3 heteroatoms. The molecule has 2 aliphatic rings. The molecule has 2 atom stereocenters. The number of hydrogen-bond donors (Lipinski definition) is 1. The summed E-state index contributed by atoms with van der Waals surface area (Å²) in [7, 11) is 0. The lowest BCUT2D eigenvalue weighted by molar-refractivity contribution is 0.357. The fraction of sp³-hybridized carbons (Fsp3) is 0.444. The van der Waals surface area contributed by atoms with Gasteiger partial charge in [-0.15, -0.1) is 0 Å². The van der Waals surface area contributed by atoms with E-state index in [0.29, 0.717) is 12.1 Å². The number of aryl methyl sites for hydroxylation is 2. The van der Waals surface area contributed by atoms with E-state index in [1.165, 1.54) is 61.0 Å². The molecule has 1 N–H and O–H groups in total. The van der Waals surface area contributed by atoms with E-state index in [4.69, 9.17) is 0 Å². The Morgan fingerprint density at radius 2 is 1.33 bits per heavy atom. The Labute approximate surface area is 125 Å². The molecule has 0 bridgehead atoms. The van der Waals surface area contributed by atoms with Crippen molar-refractivity contribution in [2.45, 2.75) is 50.6 Å². The van der Waals surface area contributed by atoms with Crippen molar-refractivity contribution in [3.63, 3.8) is 0 Å². The van der Waals surface area contributed by atoms with Gasteiger partial charge in [-0.3, -0.25) is 9.97 Å². The molecule has 0 saturated carbocycles. The smallest absolute Gasteiger partial charge is 0.0605 e. The zero-order chi connectivity index (χ0) is 14.1. The maximum atomic E-state index is 4.64. The van der Waals surface area contributed by atoms with Crippen molar-refractivity contribution in [2.75, 3.05) is 0 Å².